The number of halogens is 1. The van der Waals surface area contributed by atoms with Gasteiger partial charge in [-0.25, -0.2) is 0 Å². The Labute approximate surface area is 116 Å². The summed E-state index contributed by atoms with van der Waals surface area (Å²) in [6, 6.07) is 7.76. The molecular formula is C13H18BrNO3. The first-order valence-corrected chi connectivity index (χ1v) is 6.72. The minimum absolute atomic E-state index is 0.251. The van der Waals surface area contributed by atoms with Crippen molar-refractivity contribution in [2.75, 3.05) is 13.2 Å². The topological polar surface area (TPSA) is 47.6 Å². The molecule has 0 saturated carbocycles. The van der Waals surface area contributed by atoms with Crippen LogP contribution in [-0.2, 0) is 20.8 Å². The molecule has 0 aromatic heterocycles. The van der Waals surface area contributed by atoms with Gasteiger partial charge < -0.3 is 14.8 Å². The summed E-state index contributed by atoms with van der Waals surface area (Å²) in [6.07, 6.45) is -0.827. The fourth-order valence-electron chi connectivity index (χ4n) is 1.42. The SMILES string of the molecule is CCOC(OCC)C(=O)NCc1cccc(Br)c1. The summed E-state index contributed by atoms with van der Waals surface area (Å²) in [5.74, 6) is -0.251. The van der Waals surface area contributed by atoms with Crippen molar-refractivity contribution in [3.63, 3.8) is 0 Å². The van der Waals surface area contributed by atoms with Gasteiger partial charge in [-0.3, -0.25) is 4.79 Å². The molecule has 0 spiro atoms. The first-order valence-electron chi connectivity index (χ1n) is 5.92. The largest absolute Gasteiger partial charge is 0.348 e. The molecule has 1 rings (SSSR count). The van der Waals surface area contributed by atoms with Gasteiger partial charge in [0.2, 0.25) is 6.29 Å². The van der Waals surface area contributed by atoms with E-state index in [2.05, 4.69) is 21.2 Å². The second-order valence-electron chi connectivity index (χ2n) is 3.59. The molecule has 18 heavy (non-hydrogen) atoms. The van der Waals surface area contributed by atoms with Crippen LogP contribution < -0.4 is 5.32 Å². The van der Waals surface area contributed by atoms with E-state index in [1.54, 1.807) is 0 Å². The third-order valence-electron chi connectivity index (χ3n) is 2.21. The van der Waals surface area contributed by atoms with Crippen LogP contribution in [0.3, 0.4) is 0 Å². The number of nitrogens with one attached hydrogen (secondary N) is 1. The number of carbonyl (C=O) groups is 1. The first-order chi connectivity index (χ1) is 8.67. The van der Waals surface area contributed by atoms with Crippen molar-refractivity contribution >= 4 is 21.8 Å². The minimum Gasteiger partial charge on any atom is -0.348 e. The van der Waals surface area contributed by atoms with Gasteiger partial charge >= 0.3 is 0 Å². The zero-order valence-corrected chi connectivity index (χ0v) is 12.2. The zero-order chi connectivity index (χ0) is 13.4. The highest BCUT2D eigenvalue weighted by Crippen LogP contribution is 2.11. The highest BCUT2D eigenvalue weighted by atomic mass is 79.9. The number of rotatable bonds is 7. The molecule has 1 aromatic carbocycles. The van der Waals surface area contributed by atoms with E-state index in [9.17, 15) is 4.79 Å². The zero-order valence-electron chi connectivity index (χ0n) is 10.6. The lowest BCUT2D eigenvalue weighted by molar-refractivity contribution is -0.170. The van der Waals surface area contributed by atoms with E-state index in [4.69, 9.17) is 9.47 Å². The Kier molecular flexibility index (Phi) is 6.93. The van der Waals surface area contributed by atoms with Crippen LogP contribution in [0.4, 0.5) is 0 Å². The van der Waals surface area contributed by atoms with Gasteiger partial charge in [-0.15, -0.1) is 0 Å². The quantitative estimate of drug-likeness (QED) is 0.786. The molecule has 0 fully saturated rings. The van der Waals surface area contributed by atoms with E-state index in [0.717, 1.165) is 10.0 Å². The monoisotopic (exact) mass is 315 g/mol. The lowest BCUT2D eigenvalue weighted by Crippen LogP contribution is -2.38. The average molecular weight is 316 g/mol. The molecule has 0 aliphatic heterocycles. The van der Waals surface area contributed by atoms with Gasteiger partial charge in [-0.1, -0.05) is 28.1 Å². The van der Waals surface area contributed by atoms with Crippen LogP contribution in [0.25, 0.3) is 0 Å². The van der Waals surface area contributed by atoms with Gasteiger partial charge in [0.05, 0.1) is 0 Å². The Hall–Kier alpha value is -0.910. The van der Waals surface area contributed by atoms with Crippen molar-refractivity contribution in [1.29, 1.82) is 0 Å². The smallest absolute Gasteiger partial charge is 0.277 e. The molecule has 0 aliphatic carbocycles. The van der Waals surface area contributed by atoms with E-state index in [0.29, 0.717) is 19.8 Å². The fraction of sp³-hybridized carbons (Fsp3) is 0.462. The maximum Gasteiger partial charge on any atom is 0.277 e. The molecule has 0 saturated heterocycles. The molecule has 1 aromatic rings. The second kappa shape index (κ2) is 8.24. The number of carbonyl (C=O) groups excluding carboxylic acids is 1. The van der Waals surface area contributed by atoms with Gasteiger partial charge in [0.15, 0.2) is 0 Å². The van der Waals surface area contributed by atoms with Crippen LogP contribution in [0.5, 0.6) is 0 Å². The van der Waals surface area contributed by atoms with E-state index in [1.807, 2.05) is 38.1 Å². The fourth-order valence-corrected chi connectivity index (χ4v) is 1.87. The number of hydrogen-bond acceptors (Lipinski definition) is 3. The van der Waals surface area contributed by atoms with Gasteiger partial charge in [-0.05, 0) is 31.5 Å². The average Bonchev–Trinajstić information content (AvgIpc) is 2.36. The Morgan fingerprint density at radius 3 is 2.56 bits per heavy atom. The Bertz CT molecular complexity index is 378. The molecule has 5 heteroatoms. The van der Waals surface area contributed by atoms with Gasteiger partial charge in [0, 0.05) is 24.2 Å². The molecule has 1 amide bonds. The number of hydrogen-bond donors (Lipinski definition) is 1. The number of benzene rings is 1. The summed E-state index contributed by atoms with van der Waals surface area (Å²) in [4.78, 5) is 11.8. The van der Waals surface area contributed by atoms with Gasteiger partial charge in [0.25, 0.3) is 5.91 Å². The summed E-state index contributed by atoms with van der Waals surface area (Å²) in [6.45, 7) is 4.99. The molecule has 1 N–H and O–H groups in total. The normalized spacial score (nSPS) is 10.7. The summed E-state index contributed by atoms with van der Waals surface area (Å²) in [5.41, 5.74) is 1.02. The van der Waals surface area contributed by atoms with Crippen LogP contribution in [0, 0.1) is 0 Å². The van der Waals surface area contributed by atoms with Crippen LogP contribution in [0.2, 0.25) is 0 Å². The summed E-state index contributed by atoms with van der Waals surface area (Å²) in [7, 11) is 0. The van der Waals surface area contributed by atoms with Crippen molar-refractivity contribution in [2.24, 2.45) is 0 Å². The van der Waals surface area contributed by atoms with E-state index in [1.165, 1.54) is 0 Å². The van der Waals surface area contributed by atoms with E-state index < -0.39 is 6.29 Å². The number of ether oxygens (including phenoxy) is 2. The maximum atomic E-state index is 11.8. The molecule has 0 aliphatic rings. The molecule has 100 valence electrons. The number of amides is 1. The summed E-state index contributed by atoms with van der Waals surface area (Å²) >= 11 is 3.39. The van der Waals surface area contributed by atoms with Crippen molar-refractivity contribution in [2.45, 2.75) is 26.7 Å². The summed E-state index contributed by atoms with van der Waals surface area (Å²) in [5, 5.41) is 2.79. The second-order valence-corrected chi connectivity index (χ2v) is 4.51. The van der Waals surface area contributed by atoms with Crippen molar-refractivity contribution in [3.8, 4) is 0 Å². The molecule has 0 radical (unpaired) electrons. The van der Waals surface area contributed by atoms with Crippen LogP contribution in [0.15, 0.2) is 28.7 Å². The molecule has 4 nitrogen and oxygen atoms in total. The summed E-state index contributed by atoms with van der Waals surface area (Å²) < 4.78 is 11.4. The lowest BCUT2D eigenvalue weighted by atomic mass is 10.2. The molecule has 0 unspecified atom stereocenters. The Morgan fingerprint density at radius 2 is 2.00 bits per heavy atom. The molecule has 0 bridgehead atoms. The van der Waals surface area contributed by atoms with Crippen molar-refractivity contribution in [1.82, 2.24) is 5.32 Å². The predicted molar refractivity (Wildman–Crippen MR) is 73.0 cm³/mol. The third kappa shape index (κ3) is 5.16. The van der Waals surface area contributed by atoms with Crippen molar-refractivity contribution in [3.05, 3.63) is 34.3 Å². The van der Waals surface area contributed by atoms with Crippen LogP contribution in [-0.4, -0.2) is 25.4 Å². The Morgan fingerprint density at radius 1 is 1.33 bits per heavy atom. The van der Waals surface area contributed by atoms with Crippen LogP contribution >= 0.6 is 15.9 Å². The first kappa shape index (κ1) is 15.1. The van der Waals surface area contributed by atoms with Gasteiger partial charge in [0.1, 0.15) is 0 Å². The predicted octanol–water partition coefficient (Wildman–Crippen LogP) is 2.46. The highest BCUT2D eigenvalue weighted by molar-refractivity contribution is 9.10. The molecule has 0 heterocycles. The van der Waals surface area contributed by atoms with E-state index >= 15 is 0 Å². The Balaban J connectivity index is 2.48. The highest BCUT2D eigenvalue weighted by Gasteiger charge is 2.17. The molecular weight excluding hydrogens is 298 g/mol. The third-order valence-corrected chi connectivity index (χ3v) is 2.70. The van der Waals surface area contributed by atoms with Crippen molar-refractivity contribution < 1.29 is 14.3 Å². The standard InChI is InChI=1S/C13H18BrNO3/c1-3-17-13(18-4-2)12(16)15-9-10-6-5-7-11(14)8-10/h5-8,13H,3-4,9H2,1-2H3,(H,15,16). The minimum atomic E-state index is -0.827. The lowest BCUT2D eigenvalue weighted by Gasteiger charge is -2.16. The van der Waals surface area contributed by atoms with Gasteiger partial charge in [-0.2, -0.15) is 0 Å². The van der Waals surface area contributed by atoms with Crippen LogP contribution in [0.1, 0.15) is 19.4 Å². The van der Waals surface area contributed by atoms with E-state index in [-0.39, 0.29) is 5.91 Å². The maximum absolute atomic E-state index is 11.8. The molecule has 0 atom stereocenters.